The van der Waals surface area contributed by atoms with Crippen molar-refractivity contribution in [1.82, 2.24) is 5.43 Å². The van der Waals surface area contributed by atoms with Crippen LogP contribution in [0.5, 0.6) is 5.75 Å². The fourth-order valence-electron chi connectivity index (χ4n) is 2.61. The third kappa shape index (κ3) is 4.61. The van der Waals surface area contributed by atoms with Gasteiger partial charge in [0.25, 0.3) is 11.6 Å². The summed E-state index contributed by atoms with van der Waals surface area (Å²) in [7, 11) is 1.60. The van der Waals surface area contributed by atoms with Crippen LogP contribution in [-0.4, -0.2) is 30.7 Å². The fraction of sp³-hybridized carbons (Fsp3) is 0.100. The van der Waals surface area contributed by atoms with Gasteiger partial charge in [0, 0.05) is 18.7 Å². The van der Waals surface area contributed by atoms with E-state index in [4.69, 9.17) is 4.74 Å². The van der Waals surface area contributed by atoms with Crippen molar-refractivity contribution in [3.05, 3.63) is 76.3 Å². The van der Waals surface area contributed by atoms with Crippen LogP contribution in [0.4, 0.5) is 11.4 Å². The third-order valence-electron chi connectivity index (χ3n) is 3.98. The highest BCUT2D eigenvalue weighted by Crippen LogP contribution is 2.24. The van der Waals surface area contributed by atoms with Gasteiger partial charge in [-0.25, -0.2) is 5.43 Å². The van der Waals surface area contributed by atoms with Crippen LogP contribution >= 0.6 is 0 Å². The summed E-state index contributed by atoms with van der Waals surface area (Å²) in [6, 6.07) is 18.0. The van der Waals surface area contributed by atoms with Crippen molar-refractivity contribution >= 4 is 34.3 Å². The van der Waals surface area contributed by atoms with Crippen LogP contribution in [0.1, 0.15) is 5.56 Å². The molecule has 0 bridgehead atoms. The van der Waals surface area contributed by atoms with E-state index in [9.17, 15) is 14.9 Å². The van der Waals surface area contributed by atoms with Crippen LogP contribution in [0.3, 0.4) is 0 Å². The maximum atomic E-state index is 11.9. The van der Waals surface area contributed by atoms with Gasteiger partial charge in [0.1, 0.15) is 11.4 Å². The molecular weight excluding hydrogens is 360 g/mol. The number of nitrogens with zero attached hydrogens (tertiary/aromatic N) is 2. The highest BCUT2D eigenvalue weighted by molar-refractivity contribution is 5.85. The molecule has 0 aliphatic rings. The summed E-state index contributed by atoms with van der Waals surface area (Å²) in [5.74, 6) is 0.141. The number of hydrazone groups is 1. The third-order valence-corrected chi connectivity index (χ3v) is 3.98. The molecule has 2 N–H and O–H groups in total. The van der Waals surface area contributed by atoms with E-state index in [0.717, 1.165) is 10.8 Å². The van der Waals surface area contributed by atoms with Gasteiger partial charge in [0.2, 0.25) is 0 Å². The van der Waals surface area contributed by atoms with E-state index in [1.807, 2.05) is 36.4 Å². The van der Waals surface area contributed by atoms with E-state index in [0.29, 0.717) is 17.0 Å². The first kappa shape index (κ1) is 18.8. The maximum Gasteiger partial charge on any atom is 0.292 e. The van der Waals surface area contributed by atoms with Gasteiger partial charge in [-0.3, -0.25) is 14.9 Å². The minimum Gasteiger partial charge on any atom is -0.484 e. The first-order chi connectivity index (χ1) is 13.6. The molecule has 3 rings (SSSR count). The van der Waals surface area contributed by atoms with Crippen LogP contribution in [0.2, 0.25) is 0 Å². The number of nitro groups is 1. The van der Waals surface area contributed by atoms with Crippen LogP contribution in [-0.2, 0) is 4.79 Å². The van der Waals surface area contributed by atoms with Gasteiger partial charge in [-0.05, 0) is 29.0 Å². The molecular formula is C20H18N4O4. The first-order valence-corrected chi connectivity index (χ1v) is 8.46. The molecule has 8 nitrogen and oxygen atoms in total. The first-order valence-electron chi connectivity index (χ1n) is 8.46. The molecule has 0 aliphatic heterocycles. The smallest absolute Gasteiger partial charge is 0.292 e. The van der Waals surface area contributed by atoms with E-state index in [1.54, 1.807) is 25.2 Å². The van der Waals surface area contributed by atoms with Gasteiger partial charge in [-0.15, -0.1) is 0 Å². The SMILES string of the molecule is CNc1ccc(/C=N/NC(=O)COc2ccc3ccccc3c2)cc1[N+](=O)[O-]. The summed E-state index contributed by atoms with van der Waals surface area (Å²) < 4.78 is 5.48. The molecule has 28 heavy (non-hydrogen) atoms. The Bertz CT molecular complexity index is 1050. The largest absolute Gasteiger partial charge is 0.484 e. The maximum absolute atomic E-state index is 11.9. The Morgan fingerprint density at radius 2 is 1.93 bits per heavy atom. The Morgan fingerprint density at radius 1 is 1.14 bits per heavy atom. The zero-order valence-corrected chi connectivity index (χ0v) is 15.1. The number of hydrogen-bond donors (Lipinski definition) is 2. The monoisotopic (exact) mass is 378 g/mol. The van der Waals surface area contributed by atoms with E-state index in [2.05, 4.69) is 15.8 Å². The summed E-state index contributed by atoms with van der Waals surface area (Å²) in [6.07, 6.45) is 1.33. The van der Waals surface area contributed by atoms with Crippen molar-refractivity contribution in [3.63, 3.8) is 0 Å². The zero-order valence-electron chi connectivity index (χ0n) is 15.1. The van der Waals surface area contributed by atoms with Gasteiger partial charge in [0.15, 0.2) is 6.61 Å². The lowest BCUT2D eigenvalue weighted by Gasteiger charge is -2.06. The molecule has 0 aliphatic carbocycles. The van der Waals surface area contributed by atoms with E-state index in [1.165, 1.54) is 12.3 Å². The molecule has 0 spiro atoms. The molecule has 1 amide bonds. The lowest BCUT2D eigenvalue weighted by Crippen LogP contribution is -2.24. The topological polar surface area (TPSA) is 106 Å². The summed E-state index contributed by atoms with van der Waals surface area (Å²) in [6.45, 7) is -0.200. The van der Waals surface area contributed by atoms with Crippen LogP contribution < -0.4 is 15.5 Å². The number of carbonyl (C=O) groups excluding carboxylic acids is 1. The van der Waals surface area contributed by atoms with Crippen molar-refractivity contribution in [2.24, 2.45) is 5.10 Å². The average molecular weight is 378 g/mol. The van der Waals surface area contributed by atoms with Crippen molar-refractivity contribution in [1.29, 1.82) is 0 Å². The molecule has 0 heterocycles. The number of fused-ring (bicyclic) bond motifs is 1. The predicted molar refractivity (Wildman–Crippen MR) is 108 cm³/mol. The molecule has 0 atom stereocenters. The number of amides is 1. The minimum absolute atomic E-state index is 0.0718. The Hall–Kier alpha value is -3.94. The van der Waals surface area contributed by atoms with Crippen molar-refractivity contribution in [2.45, 2.75) is 0 Å². The van der Waals surface area contributed by atoms with Gasteiger partial charge in [-0.1, -0.05) is 36.4 Å². The number of benzene rings is 3. The van der Waals surface area contributed by atoms with E-state index in [-0.39, 0.29) is 12.3 Å². The highest BCUT2D eigenvalue weighted by atomic mass is 16.6. The number of nitrogens with one attached hydrogen (secondary N) is 2. The van der Waals surface area contributed by atoms with Gasteiger partial charge in [0.05, 0.1) is 11.1 Å². The summed E-state index contributed by atoms with van der Waals surface area (Å²) >= 11 is 0. The second-order valence-electron chi connectivity index (χ2n) is 5.87. The van der Waals surface area contributed by atoms with Gasteiger partial charge < -0.3 is 10.1 Å². The molecule has 8 heteroatoms. The number of anilines is 1. The summed E-state index contributed by atoms with van der Waals surface area (Å²) in [5, 5.41) is 19.7. The molecule has 0 fully saturated rings. The van der Waals surface area contributed by atoms with E-state index < -0.39 is 10.8 Å². The second-order valence-corrected chi connectivity index (χ2v) is 5.87. The molecule has 3 aromatic carbocycles. The number of rotatable bonds is 7. The highest BCUT2D eigenvalue weighted by Gasteiger charge is 2.12. The fourth-order valence-corrected chi connectivity index (χ4v) is 2.61. The molecule has 0 aromatic heterocycles. The van der Waals surface area contributed by atoms with E-state index >= 15 is 0 Å². The minimum atomic E-state index is -0.487. The lowest BCUT2D eigenvalue weighted by molar-refractivity contribution is -0.383. The second kappa shape index (κ2) is 8.63. The van der Waals surface area contributed by atoms with Gasteiger partial charge >= 0.3 is 0 Å². The number of nitro benzene ring substituents is 1. The Morgan fingerprint density at radius 3 is 2.68 bits per heavy atom. The molecule has 3 aromatic rings. The molecule has 0 saturated carbocycles. The number of carbonyl (C=O) groups is 1. The molecule has 142 valence electrons. The van der Waals surface area contributed by atoms with Crippen molar-refractivity contribution in [2.75, 3.05) is 19.0 Å². The Labute approximate surface area is 161 Å². The molecule has 0 radical (unpaired) electrons. The predicted octanol–water partition coefficient (Wildman–Crippen LogP) is 3.32. The lowest BCUT2D eigenvalue weighted by atomic mass is 10.1. The van der Waals surface area contributed by atoms with Gasteiger partial charge in [-0.2, -0.15) is 5.10 Å². The summed E-state index contributed by atoms with van der Waals surface area (Å²) in [5.41, 5.74) is 3.15. The average Bonchev–Trinajstić information content (AvgIpc) is 2.72. The Kier molecular flexibility index (Phi) is 5.81. The number of hydrogen-bond acceptors (Lipinski definition) is 6. The standard InChI is InChI=1S/C20H18N4O4/c1-21-18-9-6-14(10-19(18)24(26)27)12-22-23-20(25)13-28-17-8-7-15-4-2-3-5-16(15)11-17/h2-12,21H,13H2,1H3,(H,23,25)/b22-12+. The van der Waals surface area contributed by atoms with Crippen LogP contribution in [0.25, 0.3) is 10.8 Å². The zero-order chi connectivity index (χ0) is 19.9. The Balaban J connectivity index is 1.56. The molecule has 0 saturated heterocycles. The quantitative estimate of drug-likeness (QED) is 0.373. The van der Waals surface area contributed by atoms with Crippen LogP contribution in [0, 0.1) is 10.1 Å². The summed E-state index contributed by atoms with van der Waals surface area (Å²) in [4.78, 5) is 22.4. The van der Waals surface area contributed by atoms with Crippen molar-refractivity contribution < 1.29 is 14.5 Å². The van der Waals surface area contributed by atoms with Crippen molar-refractivity contribution in [3.8, 4) is 5.75 Å². The normalized spacial score (nSPS) is 10.8. The van der Waals surface area contributed by atoms with Crippen LogP contribution in [0.15, 0.2) is 65.8 Å². The number of ether oxygens (including phenoxy) is 1. The molecule has 0 unspecified atom stereocenters.